The highest BCUT2D eigenvalue weighted by atomic mass is 32.1. The number of carbonyl (C=O) groups is 2. The number of benzene rings is 2. The van der Waals surface area contributed by atoms with Gasteiger partial charge in [0.2, 0.25) is 0 Å². The van der Waals surface area contributed by atoms with Gasteiger partial charge in [-0.1, -0.05) is 36.4 Å². The molecule has 28 heavy (non-hydrogen) atoms. The first-order valence-corrected chi connectivity index (χ1v) is 10.4. The van der Waals surface area contributed by atoms with Gasteiger partial charge in [0.25, 0.3) is 5.91 Å². The fourth-order valence-electron chi connectivity index (χ4n) is 3.04. The second-order valence-electron chi connectivity index (χ2n) is 6.56. The molecule has 0 bridgehead atoms. The van der Waals surface area contributed by atoms with Crippen molar-refractivity contribution in [3.63, 3.8) is 0 Å². The van der Waals surface area contributed by atoms with Crippen LogP contribution in [0.25, 0.3) is 21.2 Å². The zero-order chi connectivity index (χ0) is 19.8. The molecule has 4 aromatic rings. The third kappa shape index (κ3) is 3.32. The zero-order valence-electron chi connectivity index (χ0n) is 15.3. The van der Waals surface area contributed by atoms with Crippen LogP contribution in [-0.2, 0) is 0 Å². The van der Waals surface area contributed by atoms with E-state index in [-0.39, 0.29) is 11.5 Å². The predicted molar refractivity (Wildman–Crippen MR) is 116 cm³/mol. The second-order valence-corrected chi connectivity index (χ2v) is 8.52. The van der Waals surface area contributed by atoms with Crippen LogP contribution < -0.4 is 5.32 Å². The topological polar surface area (TPSA) is 66.4 Å². The van der Waals surface area contributed by atoms with Crippen molar-refractivity contribution < 1.29 is 14.7 Å². The molecule has 0 aliphatic rings. The largest absolute Gasteiger partial charge is 0.478 e. The van der Waals surface area contributed by atoms with Crippen molar-refractivity contribution in [3.8, 4) is 11.1 Å². The lowest BCUT2D eigenvalue weighted by atomic mass is 9.99. The lowest BCUT2D eigenvalue weighted by Crippen LogP contribution is -2.12. The van der Waals surface area contributed by atoms with Gasteiger partial charge in [-0.05, 0) is 48.1 Å². The van der Waals surface area contributed by atoms with Gasteiger partial charge in [-0.3, -0.25) is 4.79 Å². The number of hydrogen-bond donors (Lipinski definition) is 2. The van der Waals surface area contributed by atoms with Gasteiger partial charge in [0.15, 0.2) is 0 Å². The molecule has 2 heterocycles. The number of rotatable bonds is 4. The van der Waals surface area contributed by atoms with Gasteiger partial charge in [-0.15, -0.1) is 22.7 Å². The Bertz CT molecular complexity index is 1190. The maximum Gasteiger partial charge on any atom is 0.339 e. The third-order valence-electron chi connectivity index (χ3n) is 4.70. The summed E-state index contributed by atoms with van der Waals surface area (Å²) < 4.78 is 1.02. The average molecular weight is 408 g/mol. The van der Waals surface area contributed by atoms with Gasteiger partial charge in [0.1, 0.15) is 10.6 Å². The Hall–Kier alpha value is -2.96. The van der Waals surface area contributed by atoms with E-state index in [1.54, 1.807) is 5.38 Å². The SMILES string of the molecule is Cc1ccc(-c2csc(NC(=O)c3cc4ccccc4s3)c2C(=O)O)cc1C. The number of carboxylic acid groups (broad SMARTS) is 1. The molecule has 140 valence electrons. The molecule has 4 rings (SSSR count). The molecule has 0 spiro atoms. The predicted octanol–water partition coefficient (Wildman–Crippen LogP) is 6.20. The van der Waals surface area contributed by atoms with Crippen LogP contribution in [0.15, 0.2) is 53.9 Å². The van der Waals surface area contributed by atoms with Crippen LogP contribution in [0.1, 0.15) is 31.2 Å². The summed E-state index contributed by atoms with van der Waals surface area (Å²) in [5.74, 6) is -1.35. The summed E-state index contributed by atoms with van der Waals surface area (Å²) in [6, 6.07) is 15.5. The molecule has 1 amide bonds. The molecule has 0 aliphatic carbocycles. The Morgan fingerprint density at radius 3 is 2.50 bits per heavy atom. The number of aryl methyl sites for hydroxylation is 2. The number of nitrogens with one attached hydrogen (secondary N) is 1. The van der Waals surface area contributed by atoms with Crippen LogP contribution in [0.3, 0.4) is 0 Å². The lowest BCUT2D eigenvalue weighted by molar-refractivity contribution is 0.0699. The first-order valence-electron chi connectivity index (χ1n) is 8.66. The smallest absolute Gasteiger partial charge is 0.339 e. The van der Waals surface area contributed by atoms with Crippen molar-refractivity contribution in [2.24, 2.45) is 0 Å². The minimum Gasteiger partial charge on any atom is -0.478 e. The molecule has 0 unspecified atom stereocenters. The lowest BCUT2D eigenvalue weighted by Gasteiger charge is -2.07. The molecule has 0 saturated heterocycles. The first-order chi connectivity index (χ1) is 13.4. The van der Waals surface area contributed by atoms with E-state index in [9.17, 15) is 14.7 Å². The maximum atomic E-state index is 12.7. The van der Waals surface area contributed by atoms with Gasteiger partial charge < -0.3 is 10.4 Å². The molecule has 0 atom stereocenters. The molecule has 0 aliphatic heterocycles. The summed E-state index contributed by atoms with van der Waals surface area (Å²) in [4.78, 5) is 25.2. The summed E-state index contributed by atoms with van der Waals surface area (Å²) in [6.45, 7) is 4.01. The molecule has 2 aromatic carbocycles. The highest BCUT2D eigenvalue weighted by molar-refractivity contribution is 7.21. The van der Waals surface area contributed by atoms with Gasteiger partial charge in [-0.2, -0.15) is 0 Å². The third-order valence-corrected chi connectivity index (χ3v) is 6.71. The van der Waals surface area contributed by atoms with E-state index in [1.165, 1.54) is 22.7 Å². The number of hydrogen-bond acceptors (Lipinski definition) is 4. The molecule has 0 saturated carbocycles. The van der Waals surface area contributed by atoms with E-state index >= 15 is 0 Å². The molecular weight excluding hydrogens is 390 g/mol. The van der Waals surface area contributed by atoms with E-state index in [1.807, 2.05) is 62.4 Å². The van der Waals surface area contributed by atoms with Crippen molar-refractivity contribution in [1.29, 1.82) is 0 Å². The fraction of sp³-hybridized carbons (Fsp3) is 0.0909. The first kappa shape index (κ1) is 18.4. The van der Waals surface area contributed by atoms with E-state index < -0.39 is 5.97 Å². The van der Waals surface area contributed by atoms with E-state index in [0.29, 0.717) is 15.4 Å². The van der Waals surface area contributed by atoms with Gasteiger partial charge in [0, 0.05) is 15.6 Å². The molecule has 2 N–H and O–H groups in total. The molecule has 6 heteroatoms. The molecular formula is C22H17NO3S2. The van der Waals surface area contributed by atoms with E-state index in [2.05, 4.69) is 5.32 Å². The monoisotopic (exact) mass is 407 g/mol. The van der Waals surface area contributed by atoms with Crippen molar-refractivity contribution in [2.45, 2.75) is 13.8 Å². The summed E-state index contributed by atoms with van der Waals surface area (Å²) in [5.41, 5.74) is 3.82. The van der Waals surface area contributed by atoms with Crippen LogP contribution in [-0.4, -0.2) is 17.0 Å². The molecule has 2 aromatic heterocycles. The normalized spacial score (nSPS) is 10.9. The Morgan fingerprint density at radius 2 is 1.79 bits per heavy atom. The number of carboxylic acids is 1. The zero-order valence-corrected chi connectivity index (χ0v) is 16.9. The van der Waals surface area contributed by atoms with Crippen molar-refractivity contribution in [1.82, 2.24) is 0 Å². The Labute approximate surface area is 170 Å². The number of carbonyl (C=O) groups excluding carboxylic acids is 1. The van der Waals surface area contributed by atoms with Gasteiger partial charge in [0.05, 0.1) is 4.88 Å². The van der Waals surface area contributed by atoms with Crippen LogP contribution in [0.5, 0.6) is 0 Å². The van der Waals surface area contributed by atoms with Gasteiger partial charge in [-0.25, -0.2) is 4.79 Å². The van der Waals surface area contributed by atoms with Crippen molar-refractivity contribution in [2.75, 3.05) is 5.32 Å². The van der Waals surface area contributed by atoms with Crippen molar-refractivity contribution in [3.05, 3.63) is 75.5 Å². The Morgan fingerprint density at radius 1 is 1.00 bits per heavy atom. The van der Waals surface area contributed by atoms with Crippen LogP contribution in [0.4, 0.5) is 5.00 Å². The molecule has 0 fully saturated rings. The Balaban J connectivity index is 1.69. The number of fused-ring (bicyclic) bond motifs is 1. The summed E-state index contributed by atoms with van der Waals surface area (Å²) in [7, 11) is 0. The maximum absolute atomic E-state index is 12.7. The number of amides is 1. The Kier molecular flexibility index (Phi) is 4.75. The van der Waals surface area contributed by atoms with Crippen molar-refractivity contribution >= 4 is 49.6 Å². The highest BCUT2D eigenvalue weighted by Crippen LogP contribution is 2.37. The van der Waals surface area contributed by atoms with E-state index in [0.717, 1.165) is 26.8 Å². The number of thiophene rings is 2. The minimum atomic E-state index is -1.05. The second kappa shape index (κ2) is 7.22. The van der Waals surface area contributed by atoms with Crippen LogP contribution in [0.2, 0.25) is 0 Å². The minimum absolute atomic E-state index is 0.128. The summed E-state index contributed by atoms with van der Waals surface area (Å²) >= 11 is 2.62. The van der Waals surface area contributed by atoms with Crippen LogP contribution in [0, 0.1) is 13.8 Å². The standard InChI is InChI=1S/C22H17NO3S2/c1-12-7-8-14(9-13(12)2)16-11-27-21(19(16)22(25)26)23-20(24)18-10-15-5-3-4-6-17(15)28-18/h3-11H,1-2H3,(H,23,24)(H,25,26). The summed E-state index contributed by atoms with van der Waals surface area (Å²) in [5, 5.41) is 15.7. The summed E-state index contributed by atoms with van der Waals surface area (Å²) in [6.07, 6.45) is 0. The quantitative estimate of drug-likeness (QED) is 0.423. The number of anilines is 1. The number of aromatic carboxylic acids is 1. The average Bonchev–Trinajstić information content (AvgIpc) is 3.28. The van der Waals surface area contributed by atoms with Crippen LogP contribution >= 0.6 is 22.7 Å². The van der Waals surface area contributed by atoms with Gasteiger partial charge >= 0.3 is 5.97 Å². The molecule has 0 radical (unpaired) electrons. The van der Waals surface area contributed by atoms with E-state index in [4.69, 9.17) is 0 Å². The fourth-order valence-corrected chi connectivity index (χ4v) is 4.96. The highest BCUT2D eigenvalue weighted by Gasteiger charge is 2.22. The molecule has 4 nitrogen and oxygen atoms in total.